The van der Waals surface area contributed by atoms with Gasteiger partial charge in [-0.3, -0.25) is 4.79 Å². The molecule has 0 aromatic heterocycles. The van der Waals surface area contributed by atoms with E-state index >= 15 is 0 Å². The summed E-state index contributed by atoms with van der Waals surface area (Å²) in [5.74, 6) is 1.31. The second-order valence-corrected chi connectivity index (χ2v) is 5.70. The Kier molecular flexibility index (Phi) is 2.29. The molecule has 90 valence electrons. The third-order valence-corrected chi connectivity index (χ3v) is 4.81. The minimum absolute atomic E-state index is 0.0975. The van der Waals surface area contributed by atoms with Gasteiger partial charge in [0.2, 0.25) is 0 Å². The summed E-state index contributed by atoms with van der Waals surface area (Å²) in [4.78, 5) is 11.6. The molecular formula is C15H18O2. The first-order valence-electron chi connectivity index (χ1n) is 6.44. The van der Waals surface area contributed by atoms with Crippen molar-refractivity contribution in [3.8, 4) is 5.75 Å². The zero-order valence-corrected chi connectivity index (χ0v) is 10.2. The monoisotopic (exact) mass is 230 g/mol. The number of ketones is 1. The van der Waals surface area contributed by atoms with Gasteiger partial charge in [0.15, 0.2) is 0 Å². The minimum Gasteiger partial charge on any atom is -0.508 e. The molecule has 1 saturated carbocycles. The second-order valence-electron chi connectivity index (χ2n) is 5.70. The van der Waals surface area contributed by atoms with Crippen LogP contribution in [0, 0.1) is 5.92 Å². The van der Waals surface area contributed by atoms with Crippen LogP contribution in [0.1, 0.15) is 43.7 Å². The summed E-state index contributed by atoms with van der Waals surface area (Å²) in [7, 11) is 0. The van der Waals surface area contributed by atoms with Gasteiger partial charge in [-0.15, -0.1) is 0 Å². The Labute approximate surface area is 102 Å². The molecule has 3 rings (SSSR count). The van der Waals surface area contributed by atoms with E-state index in [-0.39, 0.29) is 5.41 Å². The van der Waals surface area contributed by atoms with Crippen molar-refractivity contribution in [2.45, 2.75) is 44.4 Å². The molecule has 0 amide bonds. The van der Waals surface area contributed by atoms with Crippen LogP contribution in [0.15, 0.2) is 18.2 Å². The van der Waals surface area contributed by atoms with E-state index in [1.165, 1.54) is 5.56 Å². The highest BCUT2D eigenvalue weighted by Gasteiger charge is 2.44. The predicted octanol–water partition coefficient (Wildman–Crippen LogP) is 2.97. The van der Waals surface area contributed by atoms with Crippen molar-refractivity contribution in [3.63, 3.8) is 0 Å². The summed E-state index contributed by atoms with van der Waals surface area (Å²) < 4.78 is 0. The lowest BCUT2D eigenvalue weighted by Gasteiger charge is -2.46. The predicted molar refractivity (Wildman–Crippen MR) is 66.1 cm³/mol. The Hall–Kier alpha value is -1.31. The Bertz CT molecular complexity index is 478. The Morgan fingerprint density at radius 1 is 1.35 bits per heavy atom. The summed E-state index contributed by atoms with van der Waals surface area (Å²) >= 11 is 0. The number of aromatic hydroxyl groups is 1. The van der Waals surface area contributed by atoms with Crippen molar-refractivity contribution in [1.82, 2.24) is 0 Å². The SMILES string of the molecule is CC12CCC(=O)CC1CCc1c(O)cccc12. The third kappa shape index (κ3) is 1.50. The molecule has 2 unspecified atom stereocenters. The van der Waals surface area contributed by atoms with Gasteiger partial charge >= 0.3 is 0 Å². The zero-order valence-electron chi connectivity index (χ0n) is 10.2. The largest absolute Gasteiger partial charge is 0.508 e. The molecule has 2 nitrogen and oxygen atoms in total. The van der Waals surface area contributed by atoms with Crippen LogP contribution in [0.4, 0.5) is 0 Å². The molecule has 1 aromatic carbocycles. The minimum atomic E-state index is 0.0975. The molecule has 0 bridgehead atoms. The number of hydrogen-bond acceptors (Lipinski definition) is 2. The first-order valence-corrected chi connectivity index (χ1v) is 6.44. The van der Waals surface area contributed by atoms with Gasteiger partial charge in [-0.05, 0) is 47.8 Å². The van der Waals surface area contributed by atoms with Gasteiger partial charge in [0.1, 0.15) is 11.5 Å². The first kappa shape index (κ1) is 10.8. The number of benzene rings is 1. The highest BCUT2D eigenvalue weighted by Crippen LogP contribution is 2.50. The number of carbonyl (C=O) groups excluding carboxylic acids is 1. The smallest absolute Gasteiger partial charge is 0.133 e. The van der Waals surface area contributed by atoms with Gasteiger partial charge in [-0.25, -0.2) is 0 Å². The summed E-state index contributed by atoms with van der Waals surface area (Å²) in [6, 6.07) is 5.84. The van der Waals surface area contributed by atoms with Crippen LogP contribution in [0.5, 0.6) is 5.75 Å². The van der Waals surface area contributed by atoms with Crippen molar-refractivity contribution in [2.24, 2.45) is 5.92 Å². The highest BCUT2D eigenvalue weighted by molar-refractivity contribution is 5.80. The average Bonchev–Trinajstić information content (AvgIpc) is 2.31. The van der Waals surface area contributed by atoms with Gasteiger partial charge in [0.05, 0.1) is 0 Å². The number of phenols is 1. The summed E-state index contributed by atoms with van der Waals surface area (Å²) in [6.45, 7) is 2.27. The van der Waals surface area contributed by atoms with E-state index < -0.39 is 0 Å². The number of carbonyl (C=O) groups is 1. The Morgan fingerprint density at radius 3 is 3.00 bits per heavy atom. The lowest BCUT2D eigenvalue weighted by molar-refractivity contribution is -0.123. The van der Waals surface area contributed by atoms with E-state index in [0.29, 0.717) is 23.9 Å². The molecule has 0 aliphatic heterocycles. The maximum Gasteiger partial charge on any atom is 0.133 e. The highest BCUT2D eigenvalue weighted by atomic mass is 16.3. The zero-order chi connectivity index (χ0) is 12.0. The molecule has 0 spiro atoms. The van der Waals surface area contributed by atoms with Crippen LogP contribution in [0.2, 0.25) is 0 Å². The number of phenolic OH excluding ortho intramolecular Hbond substituents is 1. The average molecular weight is 230 g/mol. The second kappa shape index (κ2) is 3.59. The number of rotatable bonds is 0. The number of Topliss-reactive ketones (excluding diaryl/α,β-unsaturated/α-hetero) is 1. The summed E-state index contributed by atoms with van der Waals surface area (Å²) in [6.07, 6.45) is 4.31. The van der Waals surface area contributed by atoms with E-state index in [1.54, 1.807) is 6.07 Å². The number of hydrogen-bond donors (Lipinski definition) is 1. The molecule has 0 radical (unpaired) electrons. The fourth-order valence-corrected chi connectivity index (χ4v) is 3.67. The van der Waals surface area contributed by atoms with Crippen molar-refractivity contribution < 1.29 is 9.90 Å². The lowest BCUT2D eigenvalue weighted by atomic mass is 9.58. The standard InChI is InChI=1S/C15H18O2/c1-15-8-7-11(16)9-10(15)5-6-12-13(15)3-2-4-14(12)17/h2-4,10,17H,5-9H2,1H3. The molecule has 2 aliphatic rings. The van der Waals surface area contributed by atoms with E-state index in [1.807, 2.05) is 6.07 Å². The first-order chi connectivity index (χ1) is 8.11. The van der Waals surface area contributed by atoms with Crippen LogP contribution >= 0.6 is 0 Å². The third-order valence-electron chi connectivity index (χ3n) is 4.81. The van der Waals surface area contributed by atoms with Crippen LogP contribution in [0.3, 0.4) is 0 Å². The van der Waals surface area contributed by atoms with E-state index in [9.17, 15) is 9.90 Å². The van der Waals surface area contributed by atoms with E-state index in [4.69, 9.17) is 0 Å². The van der Waals surface area contributed by atoms with Gasteiger partial charge in [0, 0.05) is 12.8 Å². The molecule has 2 atom stereocenters. The molecule has 0 saturated heterocycles. The van der Waals surface area contributed by atoms with Crippen LogP contribution < -0.4 is 0 Å². The Morgan fingerprint density at radius 2 is 2.18 bits per heavy atom. The molecule has 1 N–H and O–H groups in total. The van der Waals surface area contributed by atoms with Gasteiger partial charge in [-0.2, -0.15) is 0 Å². The van der Waals surface area contributed by atoms with Gasteiger partial charge < -0.3 is 5.11 Å². The molecular weight excluding hydrogens is 212 g/mol. The van der Waals surface area contributed by atoms with Crippen molar-refractivity contribution in [3.05, 3.63) is 29.3 Å². The maximum atomic E-state index is 11.6. The van der Waals surface area contributed by atoms with Crippen LogP contribution in [0.25, 0.3) is 0 Å². The van der Waals surface area contributed by atoms with Crippen molar-refractivity contribution >= 4 is 5.78 Å². The Balaban J connectivity index is 2.10. The fourth-order valence-electron chi connectivity index (χ4n) is 3.67. The summed E-state index contributed by atoms with van der Waals surface area (Å²) in [5.41, 5.74) is 2.49. The molecule has 0 heterocycles. The molecule has 1 aromatic rings. The molecule has 17 heavy (non-hydrogen) atoms. The fraction of sp³-hybridized carbons (Fsp3) is 0.533. The molecule has 2 heteroatoms. The van der Waals surface area contributed by atoms with Crippen molar-refractivity contribution in [1.29, 1.82) is 0 Å². The lowest BCUT2D eigenvalue weighted by Crippen LogP contribution is -2.41. The molecule has 2 aliphatic carbocycles. The number of fused-ring (bicyclic) bond motifs is 3. The van der Waals surface area contributed by atoms with Crippen molar-refractivity contribution in [2.75, 3.05) is 0 Å². The van der Waals surface area contributed by atoms with Crippen LogP contribution in [-0.4, -0.2) is 10.9 Å². The van der Waals surface area contributed by atoms with E-state index in [0.717, 1.165) is 31.2 Å². The normalized spacial score (nSPS) is 31.8. The summed E-state index contributed by atoms with van der Waals surface area (Å²) in [5, 5.41) is 9.95. The van der Waals surface area contributed by atoms with E-state index in [2.05, 4.69) is 13.0 Å². The molecule has 1 fully saturated rings. The quantitative estimate of drug-likeness (QED) is 0.744. The van der Waals surface area contributed by atoms with Crippen LogP contribution in [-0.2, 0) is 16.6 Å². The van der Waals surface area contributed by atoms with Gasteiger partial charge in [-0.1, -0.05) is 19.1 Å². The van der Waals surface area contributed by atoms with Gasteiger partial charge in [0.25, 0.3) is 0 Å². The topological polar surface area (TPSA) is 37.3 Å². The maximum absolute atomic E-state index is 11.6.